The minimum absolute atomic E-state index is 0.107. The van der Waals surface area contributed by atoms with Crippen LogP contribution in [-0.2, 0) is 13.6 Å². The van der Waals surface area contributed by atoms with E-state index in [9.17, 15) is 9.59 Å². The van der Waals surface area contributed by atoms with E-state index in [1.807, 2.05) is 0 Å². The number of imidazole rings is 1. The zero-order valence-electron chi connectivity index (χ0n) is 11.4. The van der Waals surface area contributed by atoms with E-state index in [-0.39, 0.29) is 5.17 Å². The van der Waals surface area contributed by atoms with Gasteiger partial charge in [-0.15, -0.1) is 0 Å². The van der Waals surface area contributed by atoms with E-state index >= 15 is 0 Å². The van der Waals surface area contributed by atoms with E-state index < -0.39 is 11.2 Å². The van der Waals surface area contributed by atoms with Crippen LogP contribution in [0.25, 0.3) is 11.2 Å². The summed E-state index contributed by atoms with van der Waals surface area (Å²) in [6, 6.07) is 0. The molecule has 0 aromatic carbocycles. The zero-order chi connectivity index (χ0) is 15.6. The Balaban J connectivity index is 2.23. The number of halogens is 1. The molecule has 0 saturated heterocycles. The second kappa shape index (κ2) is 6.48. The first-order valence-electron chi connectivity index (χ1n) is 6.23. The number of rotatable bonds is 5. The number of H-pyrrole nitrogens is 1. The molecule has 8 nitrogen and oxygen atoms in total. The van der Waals surface area contributed by atoms with E-state index in [1.165, 1.54) is 16.3 Å². The smallest absolute Gasteiger partial charge is 0.329 e. The molecule has 0 amide bonds. The van der Waals surface area contributed by atoms with Crippen LogP contribution >= 0.6 is 27.7 Å². The number of amidine groups is 1. The fourth-order valence-corrected chi connectivity index (χ4v) is 3.06. The number of nitrogens with zero attached hydrogens (tertiary/aromatic N) is 3. The average Bonchev–Trinajstić information content (AvgIpc) is 2.73. The fraction of sp³-hybridized carbons (Fsp3) is 0.455. The topological polar surface area (TPSA) is 123 Å². The van der Waals surface area contributed by atoms with Gasteiger partial charge in [0.25, 0.3) is 5.56 Å². The number of nitrogens with two attached hydrogens (primary N) is 1. The molecule has 0 bridgehead atoms. The molecule has 2 aromatic heterocycles. The van der Waals surface area contributed by atoms with Gasteiger partial charge in [0.05, 0.1) is 0 Å². The summed E-state index contributed by atoms with van der Waals surface area (Å²) in [6.07, 6.45) is 1.67. The van der Waals surface area contributed by atoms with Crippen molar-refractivity contribution < 1.29 is 0 Å². The number of aromatic amines is 1. The number of thioether (sulfide) groups is 1. The Morgan fingerprint density at radius 1 is 1.48 bits per heavy atom. The first-order chi connectivity index (χ1) is 9.91. The summed E-state index contributed by atoms with van der Waals surface area (Å²) in [6.45, 7) is 0.594. The number of fused-ring (bicyclic) bond motifs is 1. The van der Waals surface area contributed by atoms with Gasteiger partial charge in [0.2, 0.25) is 0 Å². The van der Waals surface area contributed by atoms with Gasteiger partial charge in [-0.25, -0.2) is 9.78 Å². The van der Waals surface area contributed by atoms with Crippen molar-refractivity contribution in [2.75, 3.05) is 5.75 Å². The van der Waals surface area contributed by atoms with Gasteiger partial charge in [0, 0.05) is 19.3 Å². The van der Waals surface area contributed by atoms with Crippen LogP contribution in [0.1, 0.15) is 12.8 Å². The van der Waals surface area contributed by atoms with Gasteiger partial charge in [0.15, 0.2) is 21.1 Å². The third-order valence-corrected chi connectivity index (χ3v) is 4.40. The number of aromatic nitrogens is 4. The van der Waals surface area contributed by atoms with Crippen molar-refractivity contribution >= 4 is 44.0 Å². The summed E-state index contributed by atoms with van der Waals surface area (Å²) in [5.41, 5.74) is 5.07. The molecule has 2 rings (SSSR count). The largest absolute Gasteiger partial charge is 0.379 e. The predicted octanol–water partition coefficient (Wildman–Crippen LogP) is 0.593. The van der Waals surface area contributed by atoms with Gasteiger partial charge in [-0.1, -0.05) is 11.8 Å². The maximum Gasteiger partial charge on any atom is 0.329 e. The van der Waals surface area contributed by atoms with Crippen LogP contribution in [0.2, 0.25) is 0 Å². The molecule has 114 valence electrons. The number of hydrogen-bond acceptors (Lipinski definition) is 5. The van der Waals surface area contributed by atoms with E-state index in [2.05, 4.69) is 25.9 Å². The summed E-state index contributed by atoms with van der Waals surface area (Å²) in [5, 5.41) is 7.23. The van der Waals surface area contributed by atoms with Gasteiger partial charge in [-0.05, 0) is 28.8 Å². The molecule has 0 aliphatic rings. The minimum atomic E-state index is -0.484. The quantitative estimate of drug-likeness (QED) is 0.306. The van der Waals surface area contributed by atoms with E-state index in [1.54, 1.807) is 11.6 Å². The monoisotopic (exact) mass is 374 g/mol. The van der Waals surface area contributed by atoms with E-state index in [0.29, 0.717) is 22.4 Å². The van der Waals surface area contributed by atoms with E-state index in [4.69, 9.17) is 11.1 Å². The lowest BCUT2D eigenvalue weighted by atomic mass is 10.3. The Morgan fingerprint density at radius 2 is 2.19 bits per heavy atom. The summed E-state index contributed by atoms with van der Waals surface area (Å²) < 4.78 is 3.57. The number of nitrogens with one attached hydrogen (secondary N) is 2. The van der Waals surface area contributed by atoms with Crippen molar-refractivity contribution in [3.05, 3.63) is 25.6 Å². The summed E-state index contributed by atoms with van der Waals surface area (Å²) in [5.74, 6) is 0.758. The van der Waals surface area contributed by atoms with Crippen molar-refractivity contribution in [1.29, 1.82) is 5.41 Å². The van der Waals surface area contributed by atoms with Crippen LogP contribution < -0.4 is 17.0 Å². The van der Waals surface area contributed by atoms with Gasteiger partial charge < -0.3 is 10.3 Å². The number of unbranched alkanes of at least 4 members (excludes halogenated alkanes) is 1. The lowest BCUT2D eigenvalue weighted by Gasteiger charge is -2.05. The highest BCUT2D eigenvalue weighted by Crippen LogP contribution is 2.17. The SMILES string of the molecule is Cn1c(=O)[nH]c(=O)c2c1nc(Br)n2CCCCSC(=N)N. The van der Waals surface area contributed by atoms with Crippen LogP contribution in [-0.4, -0.2) is 30.0 Å². The standard InChI is InChI=1S/C11H15BrN6O2S/c1-17-7-6(8(19)16-11(17)20)18(9(12)15-7)4-2-3-5-21-10(13)14/h2-5H2,1H3,(H3,13,14)(H,16,19,20). The maximum absolute atomic E-state index is 12.0. The van der Waals surface area contributed by atoms with Gasteiger partial charge in [-0.3, -0.25) is 19.8 Å². The molecule has 0 unspecified atom stereocenters. The van der Waals surface area contributed by atoms with Gasteiger partial charge in [0.1, 0.15) is 0 Å². The van der Waals surface area contributed by atoms with Gasteiger partial charge in [-0.2, -0.15) is 0 Å². The molecular weight excluding hydrogens is 360 g/mol. The highest BCUT2D eigenvalue weighted by atomic mass is 79.9. The molecule has 2 aromatic rings. The number of aryl methyl sites for hydroxylation is 2. The predicted molar refractivity (Wildman–Crippen MR) is 86.9 cm³/mol. The summed E-state index contributed by atoms with van der Waals surface area (Å²) >= 11 is 4.61. The molecule has 21 heavy (non-hydrogen) atoms. The Morgan fingerprint density at radius 3 is 2.86 bits per heavy atom. The zero-order valence-corrected chi connectivity index (χ0v) is 13.8. The lowest BCUT2D eigenvalue weighted by Crippen LogP contribution is -2.29. The normalized spacial score (nSPS) is 11.1. The van der Waals surface area contributed by atoms with Crippen LogP contribution in [0.5, 0.6) is 0 Å². The Labute approximate surface area is 132 Å². The molecule has 4 N–H and O–H groups in total. The molecular formula is C11H15BrN6O2S. The molecule has 2 heterocycles. The second-order valence-electron chi connectivity index (χ2n) is 4.44. The highest BCUT2D eigenvalue weighted by molar-refractivity contribution is 9.10. The highest BCUT2D eigenvalue weighted by Gasteiger charge is 2.15. The fourth-order valence-electron chi connectivity index (χ4n) is 1.97. The third kappa shape index (κ3) is 3.38. The Kier molecular flexibility index (Phi) is 4.88. The minimum Gasteiger partial charge on any atom is -0.379 e. The summed E-state index contributed by atoms with van der Waals surface area (Å²) in [7, 11) is 1.56. The lowest BCUT2D eigenvalue weighted by molar-refractivity contribution is 0.636. The second-order valence-corrected chi connectivity index (χ2v) is 6.29. The Hall–Kier alpha value is -1.55. The van der Waals surface area contributed by atoms with Crippen molar-refractivity contribution in [3.63, 3.8) is 0 Å². The van der Waals surface area contributed by atoms with Crippen molar-refractivity contribution in [3.8, 4) is 0 Å². The first kappa shape index (κ1) is 15.8. The Bertz CT molecular complexity index is 792. The average molecular weight is 375 g/mol. The van der Waals surface area contributed by atoms with Crippen molar-refractivity contribution in [2.24, 2.45) is 12.8 Å². The molecule has 0 fully saturated rings. The van der Waals surface area contributed by atoms with Gasteiger partial charge >= 0.3 is 5.69 Å². The molecule has 0 radical (unpaired) electrons. The van der Waals surface area contributed by atoms with Crippen molar-refractivity contribution in [1.82, 2.24) is 19.1 Å². The van der Waals surface area contributed by atoms with Crippen LogP contribution in [0.3, 0.4) is 0 Å². The summed E-state index contributed by atoms with van der Waals surface area (Å²) in [4.78, 5) is 30.0. The first-order valence-corrected chi connectivity index (χ1v) is 8.01. The van der Waals surface area contributed by atoms with Crippen molar-refractivity contribution in [2.45, 2.75) is 19.4 Å². The third-order valence-electron chi connectivity index (χ3n) is 2.99. The molecule has 0 aliphatic heterocycles. The molecule has 0 aliphatic carbocycles. The van der Waals surface area contributed by atoms with Crippen LogP contribution in [0.4, 0.5) is 0 Å². The molecule has 10 heteroatoms. The molecule has 0 spiro atoms. The van der Waals surface area contributed by atoms with Crippen LogP contribution in [0, 0.1) is 5.41 Å². The van der Waals surface area contributed by atoms with E-state index in [0.717, 1.165) is 18.6 Å². The molecule has 0 atom stereocenters. The van der Waals surface area contributed by atoms with Crippen LogP contribution in [0.15, 0.2) is 14.3 Å². The number of hydrogen-bond donors (Lipinski definition) is 3. The maximum atomic E-state index is 12.0. The molecule has 0 saturated carbocycles.